The van der Waals surface area contributed by atoms with Crippen LogP contribution in [0.2, 0.25) is 0 Å². The first kappa shape index (κ1) is 19.4. The minimum absolute atomic E-state index is 0.234. The number of carbonyl (C=O) groups excluding carboxylic acids is 1. The van der Waals surface area contributed by atoms with Crippen LogP contribution in [0.4, 0.5) is 22.0 Å². The highest BCUT2D eigenvalue weighted by molar-refractivity contribution is 6.02. The van der Waals surface area contributed by atoms with E-state index >= 15 is 0 Å². The number of nitrogens with one attached hydrogen (secondary N) is 2. The number of amides is 2. The Hall–Kier alpha value is -3.94. The second kappa shape index (κ2) is 8.60. The van der Waals surface area contributed by atoms with Crippen molar-refractivity contribution < 1.29 is 14.7 Å². The van der Waals surface area contributed by atoms with E-state index in [-0.39, 0.29) is 5.91 Å². The first-order valence-corrected chi connectivity index (χ1v) is 9.63. The van der Waals surface area contributed by atoms with Gasteiger partial charge >= 0.3 is 6.09 Å². The summed E-state index contributed by atoms with van der Waals surface area (Å²) >= 11 is 0. The Labute approximate surface area is 173 Å². The van der Waals surface area contributed by atoms with E-state index in [1.807, 2.05) is 42.5 Å². The summed E-state index contributed by atoms with van der Waals surface area (Å²) in [6.07, 6.45) is 3.28. The molecule has 0 bridgehead atoms. The predicted molar refractivity (Wildman–Crippen MR) is 115 cm³/mol. The van der Waals surface area contributed by atoms with Crippen LogP contribution in [0, 0.1) is 0 Å². The fourth-order valence-electron chi connectivity index (χ4n) is 3.39. The summed E-state index contributed by atoms with van der Waals surface area (Å²) in [5.74, 6) is 0.421. The summed E-state index contributed by atoms with van der Waals surface area (Å²) in [7, 11) is 0. The number of fused-ring (bicyclic) bond motifs is 1. The minimum atomic E-state index is -0.920. The Bertz CT molecular complexity index is 1100. The molecule has 0 unspecified atom stereocenters. The van der Waals surface area contributed by atoms with Crippen molar-refractivity contribution in [2.75, 3.05) is 23.7 Å². The lowest BCUT2D eigenvalue weighted by Crippen LogP contribution is -2.35. The van der Waals surface area contributed by atoms with Gasteiger partial charge in [0.1, 0.15) is 12.1 Å². The summed E-state index contributed by atoms with van der Waals surface area (Å²) < 4.78 is 0. The number of hydrogen-bond acceptors (Lipinski definition) is 5. The largest absolute Gasteiger partial charge is 0.465 e. The van der Waals surface area contributed by atoms with Crippen molar-refractivity contribution in [1.82, 2.24) is 14.9 Å². The van der Waals surface area contributed by atoms with Gasteiger partial charge in [-0.05, 0) is 43.2 Å². The molecule has 30 heavy (non-hydrogen) atoms. The van der Waals surface area contributed by atoms with Gasteiger partial charge in [0.15, 0.2) is 0 Å². The molecule has 2 heterocycles. The quantitative estimate of drug-likeness (QED) is 0.568. The molecule has 0 spiro atoms. The molecule has 0 radical (unpaired) electrons. The number of carboxylic acid groups (broad SMARTS) is 1. The molecule has 8 nitrogen and oxygen atoms in total. The molecule has 1 aliphatic heterocycles. The molecule has 2 aromatic carbocycles. The Kier molecular flexibility index (Phi) is 5.56. The van der Waals surface area contributed by atoms with E-state index in [0.717, 1.165) is 22.2 Å². The molecule has 3 N–H and O–H groups in total. The SMILES string of the molecule is O=C(C=C1CCN(C(=O)O)CC1)Nc1ccc2ncnc(Nc3ccccc3)c2c1. The number of piperidine rings is 1. The maximum atomic E-state index is 12.4. The van der Waals surface area contributed by atoms with Gasteiger partial charge in [0.25, 0.3) is 0 Å². The van der Waals surface area contributed by atoms with Crippen molar-refractivity contribution >= 4 is 40.1 Å². The number of para-hydroxylation sites is 1. The fourth-order valence-corrected chi connectivity index (χ4v) is 3.39. The number of rotatable bonds is 4. The van der Waals surface area contributed by atoms with Crippen molar-refractivity contribution in [1.29, 1.82) is 0 Å². The van der Waals surface area contributed by atoms with Crippen molar-refractivity contribution in [2.45, 2.75) is 12.8 Å². The normalized spacial score (nSPS) is 13.7. The van der Waals surface area contributed by atoms with Crippen LogP contribution in [-0.4, -0.2) is 45.1 Å². The summed E-state index contributed by atoms with van der Waals surface area (Å²) in [5, 5.41) is 16.0. The average molecular weight is 403 g/mol. The van der Waals surface area contributed by atoms with Gasteiger partial charge in [0.05, 0.1) is 5.52 Å². The van der Waals surface area contributed by atoms with Gasteiger partial charge in [-0.3, -0.25) is 4.79 Å². The number of carbonyl (C=O) groups is 2. The fraction of sp³-hybridized carbons (Fsp3) is 0.182. The Morgan fingerprint density at radius 2 is 1.77 bits per heavy atom. The van der Waals surface area contributed by atoms with Crippen molar-refractivity contribution in [3.05, 3.63) is 66.5 Å². The molecular formula is C22H21N5O3. The smallest absolute Gasteiger partial charge is 0.407 e. The molecular weight excluding hydrogens is 382 g/mol. The highest BCUT2D eigenvalue weighted by Crippen LogP contribution is 2.26. The van der Waals surface area contributed by atoms with Gasteiger partial charge in [-0.25, -0.2) is 14.8 Å². The van der Waals surface area contributed by atoms with Crippen molar-refractivity contribution in [2.24, 2.45) is 0 Å². The Morgan fingerprint density at radius 1 is 1.00 bits per heavy atom. The van der Waals surface area contributed by atoms with Crippen LogP contribution in [0.3, 0.4) is 0 Å². The van der Waals surface area contributed by atoms with E-state index in [2.05, 4.69) is 20.6 Å². The number of benzene rings is 2. The molecule has 1 aliphatic rings. The minimum Gasteiger partial charge on any atom is -0.465 e. The lowest BCUT2D eigenvalue weighted by molar-refractivity contribution is -0.112. The zero-order valence-electron chi connectivity index (χ0n) is 16.2. The topological polar surface area (TPSA) is 107 Å². The van der Waals surface area contributed by atoms with E-state index in [4.69, 9.17) is 5.11 Å². The van der Waals surface area contributed by atoms with Crippen LogP contribution >= 0.6 is 0 Å². The van der Waals surface area contributed by atoms with Crippen molar-refractivity contribution in [3.63, 3.8) is 0 Å². The Morgan fingerprint density at radius 3 is 2.50 bits per heavy atom. The first-order chi connectivity index (χ1) is 14.6. The highest BCUT2D eigenvalue weighted by atomic mass is 16.4. The molecule has 0 atom stereocenters. The molecule has 1 saturated heterocycles. The standard InChI is InChI=1S/C22H21N5O3/c28-20(12-15-8-10-27(11-9-15)22(29)30)25-17-6-7-19-18(13-17)21(24-14-23-19)26-16-4-2-1-3-5-16/h1-7,12-14H,8-11H2,(H,25,28)(H,29,30)(H,23,24,26). The first-order valence-electron chi connectivity index (χ1n) is 9.63. The van der Waals surface area contributed by atoms with E-state index < -0.39 is 6.09 Å². The second-order valence-corrected chi connectivity index (χ2v) is 7.01. The number of nitrogens with zero attached hydrogens (tertiary/aromatic N) is 3. The maximum absolute atomic E-state index is 12.4. The molecule has 1 fully saturated rings. The molecule has 0 aliphatic carbocycles. The summed E-state index contributed by atoms with van der Waals surface area (Å²) in [6.45, 7) is 0.826. The third-order valence-corrected chi connectivity index (χ3v) is 4.95. The summed E-state index contributed by atoms with van der Waals surface area (Å²) in [6, 6.07) is 15.2. The molecule has 4 rings (SSSR count). The van der Waals surface area contributed by atoms with Gasteiger partial charge in [-0.1, -0.05) is 23.8 Å². The summed E-state index contributed by atoms with van der Waals surface area (Å²) in [5.41, 5.74) is 3.25. The summed E-state index contributed by atoms with van der Waals surface area (Å²) in [4.78, 5) is 33.4. The molecule has 8 heteroatoms. The van der Waals surface area contributed by atoms with Gasteiger partial charge in [-0.15, -0.1) is 0 Å². The number of hydrogen-bond donors (Lipinski definition) is 3. The van der Waals surface area contributed by atoms with Crippen LogP contribution in [0.25, 0.3) is 10.9 Å². The van der Waals surface area contributed by atoms with Gasteiger partial charge in [-0.2, -0.15) is 0 Å². The van der Waals surface area contributed by atoms with Gasteiger partial charge in [0, 0.05) is 35.9 Å². The van der Waals surface area contributed by atoms with Crippen molar-refractivity contribution in [3.8, 4) is 0 Å². The van der Waals surface area contributed by atoms with Gasteiger partial charge in [0.2, 0.25) is 5.91 Å². The van der Waals surface area contributed by atoms with Crippen LogP contribution in [-0.2, 0) is 4.79 Å². The van der Waals surface area contributed by atoms with Crippen LogP contribution < -0.4 is 10.6 Å². The van der Waals surface area contributed by atoms with Crippen LogP contribution in [0.5, 0.6) is 0 Å². The predicted octanol–water partition coefficient (Wildman–Crippen LogP) is 4.01. The highest BCUT2D eigenvalue weighted by Gasteiger charge is 2.18. The molecule has 0 saturated carbocycles. The van der Waals surface area contributed by atoms with E-state index in [9.17, 15) is 9.59 Å². The van der Waals surface area contributed by atoms with E-state index in [0.29, 0.717) is 37.4 Å². The zero-order chi connectivity index (χ0) is 20.9. The number of likely N-dealkylation sites (tertiary alicyclic amines) is 1. The lowest BCUT2D eigenvalue weighted by Gasteiger charge is -2.25. The third kappa shape index (κ3) is 4.54. The van der Waals surface area contributed by atoms with E-state index in [1.165, 1.54) is 11.2 Å². The number of anilines is 3. The molecule has 2 amide bonds. The average Bonchev–Trinajstić information content (AvgIpc) is 2.75. The monoisotopic (exact) mass is 403 g/mol. The zero-order valence-corrected chi connectivity index (χ0v) is 16.2. The molecule has 3 aromatic rings. The van der Waals surface area contributed by atoms with Gasteiger partial charge < -0.3 is 20.6 Å². The molecule has 1 aromatic heterocycles. The maximum Gasteiger partial charge on any atom is 0.407 e. The second-order valence-electron chi connectivity index (χ2n) is 7.01. The lowest BCUT2D eigenvalue weighted by atomic mass is 10.0. The van der Waals surface area contributed by atoms with Crippen LogP contribution in [0.1, 0.15) is 12.8 Å². The third-order valence-electron chi connectivity index (χ3n) is 4.95. The van der Waals surface area contributed by atoms with E-state index in [1.54, 1.807) is 12.1 Å². The van der Waals surface area contributed by atoms with Crippen LogP contribution in [0.15, 0.2) is 66.5 Å². The Balaban J connectivity index is 1.49. The number of aromatic nitrogens is 2. The molecule has 152 valence electrons.